The number of aromatic nitrogens is 1. The Morgan fingerprint density at radius 2 is 1.96 bits per heavy atom. The summed E-state index contributed by atoms with van der Waals surface area (Å²) in [6.07, 6.45) is 0. The fourth-order valence-electron chi connectivity index (χ4n) is 2.11. The van der Waals surface area contributed by atoms with Gasteiger partial charge < -0.3 is 10.4 Å². The lowest BCUT2D eigenvalue weighted by molar-refractivity contribution is 0.102. The number of thiazole rings is 1. The van der Waals surface area contributed by atoms with Gasteiger partial charge in [-0.3, -0.25) is 4.79 Å². The molecule has 2 N–H and O–H groups in total. The van der Waals surface area contributed by atoms with Crippen LogP contribution >= 0.6 is 23.1 Å². The molecule has 3 rings (SSSR count). The van der Waals surface area contributed by atoms with Gasteiger partial charge in [-0.1, -0.05) is 12.1 Å². The van der Waals surface area contributed by atoms with Gasteiger partial charge in [0.05, 0.1) is 16.4 Å². The molecule has 2 aromatic carbocycles. The van der Waals surface area contributed by atoms with Crippen molar-refractivity contribution in [3.63, 3.8) is 0 Å². The van der Waals surface area contributed by atoms with Gasteiger partial charge in [-0.25, -0.2) is 4.98 Å². The van der Waals surface area contributed by atoms with Crippen LogP contribution in [0.15, 0.2) is 58.8 Å². The number of hydrogen-bond donors (Lipinski definition) is 2. The maximum Gasteiger partial charge on any atom is 0.255 e. The van der Waals surface area contributed by atoms with E-state index in [1.165, 1.54) is 6.07 Å². The second kappa shape index (κ2) is 7.51. The number of nitrogens with zero attached hydrogens (tertiary/aromatic N) is 1. The van der Waals surface area contributed by atoms with E-state index in [-0.39, 0.29) is 11.7 Å². The largest absolute Gasteiger partial charge is 0.506 e. The maximum absolute atomic E-state index is 12.2. The van der Waals surface area contributed by atoms with Crippen molar-refractivity contribution in [2.75, 3.05) is 5.32 Å². The van der Waals surface area contributed by atoms with Gasteiger partial charge in [0.15, 0.2) is 0 Å². The van der Waals surface area contributed by atoms with Crippen LogP contribution in [0.1, 0.15) is 21.1 Å². The summed E-state index contributed by atoms with van der Waals surface area (Å²) in [6.45, 7) is 2.00. The summed E-state index contributed by atoms with van der Waals surface area (Å²) >= 11 is 3.34. The minimum absolute atomic E-state index is 0.0524. The molecule has 0 radical (unpaired) electrons. The lowest BCUT2D eigenvalue weighted by Gasteiger charge is -2.07. The number of aryl methyl sites for hydroxylation is 1. The van der Waals surface area contributed by atoms with E-state index in [2.05, 4.69) is 15.7 Å². The van der Waals surface area contributed by atoms with Crippen molar-refractivity contribution in [2.24, 2.45) is 0 Å². The zero-order valence-electron chi connectivity index (χ0n) is 13.0. The molecular formula is C18H16N2O2S2. The highest BCUT2D eigenvalue weighted by Crippen LogP contribution is 2.25. The quantitative estimate of drug-likeness (QED) is 0.514. The molecule has 0 aliphatic heterocycles. The summed E-state index contributed by atoms with van der Waals surface area (Å²) in [5, 5.41) is 15.5. The minimum Gasteiger partial charge on any atom is -0.506 e. The van der Waals surface area contributed by atoms with E-state index in [4.69, 9.17) is 0 Å². The van der Waals surface area contributed by atoms with Gasteiger partial charge in [0.25, 0.3) is 5.91 Å². The van der Waals surface area contributed by atoms with Crippen molar-refractivity contribution < 1.29 is 9.90 Å². The van der Waals surface area contributed by atoms with Gasteiger partial charge in [-0.05, 0) is 43.3 Å². The molecule has 0 fully saturated rings. The molecule has 0 atom stereocenters. The number of thioether (sulfide) groups is 1. The van der Waals surface area contributed by atoms with Crippen molar-refractivity contribution in [3.8, 4) is 5.75 Å². The molecule has 0 aliphatic carbocycles. The number of amides is 1. The molecule has 0 unspecified atom stereocenters. The molecule has 0 bridgehead atoms. The van der Waals surface area contributed by atoms with Crippen molar-refractivity contribution in [1.82, 2.24) is 4.98 Å². The zero-order chi connectivity index (χ0) is 16.9. The molecule has 1 heterocycles. The summed E-state index contributed by atoms with van der Waals surface area (Å²) < 4.78 is 0. The fourth-order valence-corrected chi connectivity index (χ4v) is 3.62. The topological polar surface area (TPSA) is 62.2 Å². The number of para-hydroxylation sites is 2. The van der Waals surface area contributed by atoms with Crippen LogP contribution in [-0.4, -0.2) is 16.0 Å². The Hall–Kier alpha value is -2.31. The molecule has 3 aromatic rings. The number of rotatable bonds is 5. The maximum atomic E-state index is 12.2. The van der Waals surface area contributed by atoms with E-state index < -0.39 is 0 Å². The Morgan fingerprint density at radius 3 is 2.62 bits per heavy atom. The molecule has 0 saturated heterocycles. The summed E-state index contributed by atoms with van der Waals surface area (Å²) in [5.74, 6) is 0.619. The van der Waals surface area contributed by atoms with Crippen molar-refractivity contribution >= 4 is 34.7 Å². The Kier molecular flexibility index (Phi) is 5.17. The monoisotopic (exact) mass is 356 g/mol. The van der Waals surface area contributed by atoms with Gasteiger partial charge in [0, 0.05) is 21.6 Å². The number of carbonyl (C=O) groups excluding carboxylic acids is 1. The average molecular weight is 356 g/mol. The van der Waals surface area contributed by atoms with Crippen LogP contribution in [0.4, 0.5) is 5.69 Å². The van der Waals surface area contributed by atoms with Gasteiger partial charge in [-0.15, -0.1) is 23.1 Å². The molecular weight excluding hydrogens is 340 g/mol. The van der Waals surface area contributed by atoms with Crippen LogP contribution < -0.4 is 5.32 Å². The Morgan fingerprint density at radius 1 is 1.21 bits per heavy atom. The standard InChI is InChI=1S/C18H16N2O2S2/c1-12-19-14(10-23-12)11-24-15-8-6-13(7-9-15)18(22)20-16-4-2-3-5-17(16)21/h2-10,21H,11H2,1H3,(H,20,22). The predicted molar refractivity (Wildman–Crippen MR) is 98.9 cm³/mol. The molecule has 1 amide bonds. The number of nitrogens with one attached hydrogen (secondary N) is 1. The molecule has 1 aromatic heterocycles. The normalized spacial score (nSPS) is 10.5. The van der Waals surface area contributed by atoms with Crippen molar-refractivity contribution in [1.29, 1.82) is 0 Å². The van der Waals surface area contributed by atoms with Crippen LogP contribution in [0.2, 0.25) is 0 Å². The summed E-state index contributed by atoms with van der Waals surface area (Å²) in [6, 6.07) is 14.1. The van der Waals surface area contributed by atoms with Crippen molar-refractivity contribution in [3.05, 3.63) is 70.2 Å². The molecule has 0 spiro atoms. The lowest BCUT2D eigenvalue weighted by atomic mass is 10.2. The zero-order valence-corrected chi connectivity index (χ0v) is 14.7. The SMILES string of the molecule is Cc1nc(CSc2ccc(C(=O)Nc3ccccc3O)cc2)cs1. The third-order valence-electron chi connectivity index (χ3n) is 3.32. The van der Waals surface area contributed by atoms with E-state index >= 15 is 0 Å². The number of carbonyl (C=O) groups is 1. The second-order valence-corrected chi connectivity index (χ2v) is 7.25. The van der Waals surface area contributed by atoms with E-state index in [1.54, 1.807) is 53.4 Å². The van der Waals surface area contributed by atoms with Crippen LogP contribution in [0.3, 0.4) is 0 Å². The fraction of sp³-hybridized carbons (Fsp3) is 0.111. The van der Waals surface area contributed by atoms with Gasteiger partial charge in [0.2, 0.25) is 0 Å². The highest BCUT2D eigenvalue weighted by Gasteiger charge is 2.09. The van der Waals surface area contributed by atoms with E-state index in [0.717, 1.165) is 21.3 Å². The van der Waals surface area contributed by atoms with Crippen LogP contribution in [0.25, 0.3) is 0 Å². The van der Waals surface area contributed by atoms with E-state index in [0.29, 0.717) is 11.3 Å². The summed E-state index contributed by atoms with van der Waals surface area (Å²) in [7, 11) is 0. The first-order valence-corrected chi connectivity index (χ1v) is 9.21. The number of benzene rings is 2. The molecule has 122 valence electrons. The highest BCUT2D eigenvalue weighted by atomic mass is 32.2. The molecule has 24 heavy (non-hydrogen) atoms. The second-order valence-electron chi connectivity index (χ2n) is 5.14. The van der Waals surface area contributed by atoms with Crippen LogP contribution in [0.5, 0.6) is 5.75 Å². The first-order chi connectivity index (χ1) is 11.6. The Labute approximate surface area is 148 Å². The van der Waals surface area contributed by atoms with Crippen LogP contribution in [-0.2, 0) is 5.75 Å². The third-order valence-corrected chi connectivity index (χ3v) is 5.19. The predicted octanol–water partition coefficient (Wildman–Crippen LogP) is 4.70. The number of aromatic hydroxyl groups is 1. The average Bonchev–Trinajstić information content (AvgIpc) is 3.01. The Bertz CT molecular complexity index is 844. The number of phenols is 1. The number of phenolic OH excluding ortho intramolecular Hbond substituents is 1. The first-order valence-electron chi connectivity index (χ1n) is 7.35. The van der Waals surface area contributed by atoms with Crippen molar-refractivity contribution in [2.45, 2.75) is 17.6 Å². The lowest BCUT2D eigenvalue weighted by Crippen LogP contribution is -2.11. The summed E-state index contributed by atoms with van der Waals surface area (Å²) in [4.78, 5) is 17.7. The minimum atomic E-state index is -0.247. The highest BCUT2D eigenvalue weighted by molar-refractivity contribution is 7.98. The molecule has 0 saturated carbocycles. The number of anilines is 1. The van der Waals surface area contributed by atoms with E-state index in [1.807, 2.05) is 19.1 Å². The molecule has 6 heteroatoms. The Balaban J connectivity index is 1.61. The first kappa shape index (κ1) is 16.5. The van der Waals surface area contributed by atoms with E-state index in [9.17, 15) is 9.90 Å². The number of hydrogen-bond acceptors (Lipinski definition) is 5. The third kappa shape index (κ3) is 4.15. The molecule has 0 aliphatic rings. The van der Waals surface area contributed by atoms with Gasteiger partial charge in [0.1, 0.15) is 5.75 Å². The smallest absolute Gasteiger partial charge is 0.255 e. The van der Waals surface area contributed by atoms with Gasteiger partial charge >= 0.3 is 0 Å². The molecule has 4 nitrogen and oxygen atoms in total. The summed E-state index contributed by atoms with van der Waals surface area (Å²) in [5.41, 5.74) is 2.02. The van der Waals surface area contributed by atoms with Gasteiger partial charge in [-0.2, -0.15) is 0 Å². The van der Waals surface area contributed by atoms with Crippen LogP contribution in [0, 0.1) is 6.92 Å².